The van der Waals surface area contributed by atoms with Gasteiger partial charge in [0.25, 0.3) is 11.8 Å². The maximum Gasteiger partial charge on any atom is 0.335 e. The Morgan fingerprint density at radius 3 is 2.21 bits per heavy atom. The number of rotatable bonds is 4. The van der Waals surface area contributed by atoms with Crippen molar-refractivity contribution in [3.05, 3.63) is 87.7 Å². The summed E-state index contributed by atoms with van der Waals surface area (Å²) in [7, 11) is 0. The highest BCUT2D eigenvalue weighted by molar-refractivity contribution is 7.80. The van der Waals surface area contributed by atoms with E-state index in [1.54, 1.807) is 6.08 Å². The molecule has 7 nitrogen and oxygen atoms in total. The van der Waals surface area contributed by atoms with Crippen molar-refractivity contribution in [1.29, 1.82) is 0 Å². The molecule has 0 saturated carbocycles. The zero-order chi connectivity index (χ0) is 24.7. The maximum absolute atomic E-state index is 13.3. The van der Waals surface area contributed by atoms with Gasteiger partial charge in [0.1, 0.15) is 5.57 Å². The van der Waals surface area contributed by atoms with E-state index >= 15 is 0 Å². The van der Waals surface area contributed by atoms with Gasteiger partial charge in [0, 0.05) is 11.4 Å². The molecule has 0 radical (unpaired) electrons. The summed E-state index contributed by atoms with van der Waals surface area (Å²) in [5, 5.41) is 11.6. The Bertz CT molecular complexity index is 1380. The molecule has 3 aromatic rings. The van der Waals surface area contributed by atoms with Crippen molar-refractivity contribution in [3.8, 4) is 5.69 Å². The number of thiocarbonyl (C=S) groups is 1. The third-order valence-electron chi connectivity index (χ3n) is 5.91. The number of anilines is 1. The van der Waals surface area contributed by atoms with Gasteiger partial charge in [-0.3, -0.25) is 19.8 Å². The first-order valence-electron chi connectivity index (χ1n) is 10.6. The molecule has 0 atom stereocenters. The molecule has 0 spiro atoms. The molecule has 0 unspecified atom stereocenters. The fourth-order valence-electron chi connectivity index (χ4n) is 4.24. The van der Waals surface area contributed by atoms with Gasteiger partial charge in [-0.1, -0.05) is 18.2 Å². The van der Waals surface area contributed by atoms with Crippen molar-refractivity contribution in [2.45, 2.75) is 27.7 Å². The summed E-state index contributed by atoms with van der Waals surface area (Å²) >= 11 is 5.23. The number of carboxylic acids is 1. The van der Waals surface area contributed by atoms with Gasteiger partial charge in [-0.2, -0.15) is 0 Å². The van der Waals surface area contributed by atoms with E-state index in [0.29, 0.717) is 5.69 Å². The number of hydrogen-bond acceptors (Lipinski definition) is 4. The van der Waals surface area contributed by atoms with Gasteiger partial charge in [0.2, 0.25) is 0 Å². The number of aromatic nitrogens is 1. The Balaban J connectivity index is 1.77. The molecule has 34 heavy (non-hydrogen) atoms. The molecule has 4 rings (SSSR count). The maximum atomic E-state index is 13.3. The number of benzene rings is 2. The van der Waals surface area contributed by atoms with E-state index in [4.69, 9.17) is 17.3 Å². The predicted molar refractivity (Wildman–Crippen MR) is 134 cm³/mol. The molecule has 1 fully saturated rings. The van der Waals surface area contributed by atoms with Crippen molar-refractivity contribution >= 4 is 46.9 Å². The van der Waals surface area contributed by atoms with E-state index in [0.717, 1.165) is 33.8 Å². The summed E-state index contributed by atoms with van der Waals surface area (Å²) in [6.07, 6.45) is 1.57. The zero-order valence-electron chi connectivity index (χ0n) is 19.2. The zero-order valence-corrected chi connectivity index (χ0v) is 20.0. The molecule has 2 aromatic carbocycles. The summed E-state index contributed by atoms with van der Waals surface area (Å²) in [6.45, 7) is 8.02. The van der Waals surface area contributed by atoms with Crippen LogP contribution in [-0.4, -0.2) is 32.6 Å². The van der Waals surface area contributed by atoms with E-state index in [9.17, 15) is 14.4 Å². The van der Waals surface area contributed by atoms with Crippen LogP contribution >= 0.6 is 12.2 Å². The van der Waals surface area contributed by atoms with Crippen LogP contribution < -0.4 is 10.2 Å². The molecular formula is C26H23N3O4S. The first-order valence-corrected chi connectivity index (χ1v) is 11.0. The number of aromatic carboxylic acids is 1. The first-order chi connectivity index (χ1) is 16.1. The van der Waals surface area contributed by atoms with Gasteiger partial charge in [-0.25, -0.2) is 4.79 Å². The first kappa shape index (κ1) is 23.1. The van der Waals surface area contributed by atoms with E-state index in [1.165, 1.54) is 29.2 Å². The van der Waals surface area contributed by atoms with Crippen molar-refractivity contribution in [1.82, 2.24) is 9.88 Å². The Morgan fingerprint density at radius 1 is 1.00 bits per heavy atom. The Labute approximate surface area is 202 Å². The molecule has 2 amide bonds. The average molecular weight is 474 g/mol. The minimum atomic E-state index is -1.08. The van der Waals surface area contributed by atoms with E-state index in [1.807, 2.05) is 52.0 Å². The highest BCUT2D eigenvalue weighted by Crippen LogP contribution is 2.28. The molecule has 8 heteroatoms. The number of para-hydroxylation sites is 1. The number of amides is 2. The number of hydrogen-bond donors (Lipinski definition) is 2. The topological polar surface area (TPSA) is 91.6 Å². The van der Waals surface area contributed by atoms with Gasteiger partial charge in [-0.05, 0) is 93.0 Å². The molecule has 0 aliphatic carbocycles. The second-order valence-corrected chi connectivity index (χ2v) is 8.60. The Morgan fingerprint density at radius 2 is 1.62 bits per heavy atom. The summed E-state index contributed by atoms with van der Waals surface area (Å²) in [5.41, 5.74) is 6.32. The molecule has 1 aliphatic heterocycles. The van der Waals surface area contributed by atoms with E-state index in [-0.39, 0.29) is 16.2 Å². The molecular weight excluding hydrogens is 450 g/mol. The van der Waals surface area contributed by atoms with Gasteiger partial charge in [0.15, 0.2) is 5.11 Å². The molecule has 2 N–H and O–H groups in total. The lowest BCUT2D eigenvalue weighted by atomic mass is 10.1. The van der Waals surface area contributed by atoms with Crippen LogP contribution in [0.5, 0.6) is 0 Å². The quantitative estimate of drug-likeness (QED) is 0.336. The van der Waals surface area contributed by atoms with Crippen LogP contribution in [0.25, 0.3) is 11.8 Å². The Kier molecular flexibility index (Phi) is 5.93. The largest absolute Gasteiger partial charge is 0.478 e. The van der Waals surface area contributed by atoms with Crippen molar-refractivity contribution in [3.63, 3.8) is 0 Å². The third-order valence-corrected chi connectivity index (χ3v) is 6.19. The summed E-state index contributed by atoms with van der Waals surface area (Å²) in [4.78, 5) is 38.4. The predicted octanol–water partition coefficient (Wildman–Crippen LogP) is 4.24. The number of nitrogens with one attached hydrogen (secondary N) is 1. The van der Waals surface area contributed by atoms with Gasteiger partial charge in [0.05, 0.1) is 16.9 Å². The molecule has 1 saturated heterocycles. The van der Waals surface area contributed by atoms with Crippen LogP contribution in [0.4, 0.5) is 5.69 Å². The van der Waals surface area contributed by atoms with E-state index < -0.39 is 17.8 Å². The van der Waals surface area contributed by atoms with Crippen LogP contribution in [0.3, 0.4) is 0 Å². The number of carbonyl (C=O) groups is 3. The van der Waals surface area contributed by atoms with Crippen LogP contribution in [0.15, 0.2) is 54.1 Å². The van der Waals surface area contributed by atoms with Crippen LogP contribution in [-0.2, 0) is 9.59 Å². The SMILES string of the molecule is Cc1cccc(C)c1-n1c(C)cc(/C=C2\C(=O)NC(=S)N(c3ccc(C(=O)O)cc3)C2=O)c1C. The van der Waals surface area contributed by atoms with Crippen LogP contribution in [0.2, 0.25) is 0 Å². The van der Waals surface area contributed by atoms with Crippen molar-refractivity contribution in [2.24, 2.45) is 0 Å². The summed E-state index contributed by atoms with van der Waals surface area (Å²) < 4.78 is 2.12. The monoisotopic (exact) mass is 473 g/mol. The summed E-state index contributed by atoms with van der Waals surface area (Å²) in [6, 6.07) is 13.8. The third kappa shape index (κ3) is 3.92. The fourth-order valence-corrected chi connectivity index (χ4v) is 4.52. The average Bonchev–Trinajstić information content (AvgIpc) is 3.04. The number of nitrogens with zero attached hydrogens (tertiary/aromatic N) is 2. The minimum absolute atomic E-state index is 0.0577. The molecule has 0 bridgehead atoms. The fraction of sp³-hybridized carbons (Fsp3) is 0.154. The molecule has 1 aliphatic rings. The van der Waals surface area contributed by atoms with E-state index in [2.05, 4.69) is 9.88 Å². The van der Waals surface area contributed by atoms with Crippen LogP contribution in [0, 0.1) is 27.7 Å². The van der Waals surface area contributed by atoms with Gasteiger partial charge in [-0.15, -0.1) is 0 Å². The molecule has 1 aromatic heterocycles. The van der Waals surface area contributed by atoms with Crippen molar-refractivity contribution in [2.75, 3.05) is 4.90 Å². The second kappa shape index (κ2) is 8.72. The van der Waals surface area contributed by atoms with Gasteiger partial charge < -0.3 is 9.67 Å². The highest BCUT2D eigenvalue weighted by atomic mass is 32.1. The lowest BCUT2D eigenvalue weighted by Crippen LogP contribution is -2.54. The lowest BCUT2D eigenvalue weighted by Gasteiger charge is -2.29. The summed E-state index contributed by atoms with van der Waals surface area (Å²) in [5.74, 6) is -2.23. The van der Waals surface area contributed by atoms with Crippen LogP contribution in [0.1, 0.15) is 38.4 Å². The number of aryl methyl sites for hydroxylation is 3. The Hall–Kier alpha value is -4.04. The lowest BCUT2D eigenvalue weighted by molar-refractivity contribution is -0.122. The normalized spacial score (nSPS) is 15.1. The minimum Gasteiger partial charge on any atom is -0.478 e. The number of carboxylic acid groups (broad SMARTS) is 1. The standard InChI is InChI=1S/C26H23N3O4S/c1-14-6-5-7-15(2)22(14)28-16(3)12-19(17(28)4)13-21-23(30)27-26(34)29(24(21)31)20-10-8-18(9-11-20)25(32)33/h5-13H,1-4H3,(H,32,33)(H,27,30,34)/b21-13+. The second-order valence-electron chi connectivity index (χ2n) is 8.21. The smallest absolute Gasteiger partial charge is 0.335 e. The van der Waals surface area contributed by atoms with Crippen molar-refractivity contribution < 1.29 is 19.5 Å². The number of carbonyl (C=O) groups excluding carboxylic acids is 2. The molecule has 172 valence electrons. The molecule has 2 heterocycles. The highest BCUT2D eigenvalue weighted by Gasteiger charge is 2.34. The van der Waals surface area contributed by atoms with Gasteiger partial charge >= 0.3 is 5.97 Å².